The zero-order chi connectivity index (χ0) is 23.2. The van der Waals surface area contributed by atoms with Crippen molar-refractivity contribution in [1.29, 1.82) is 0 Å². The number of nitro groups is 1. The first-order chi connectivity index (χ1) is 16.0. The molecular formula is C25H23N3O5. The number of likely N-dealkylation sites (tertiary alicyclic amines) is 1. The number of hydrogen-bond acceptors (Lipinski definition) is 5. The van der Waals surface area contributed by atoms with Crippen LogP contribution in [0.5, 0.6) is 0 Å². The van der Waals surface area contributed by atoms with Crippen LogP contribution in [0, 0.1) is 10.1 Å². The Kier molecular flexibility index (Phi) is 6.64. The van der Waals surface area contributed by atoms with Crippen molar-refractivity contribution >= 4 is 23.6 Å². The highest BCUT2D eigenvalue weighted by molar-refractivity contribution is 6.05. The van der Waals surface area contributed by atoms with Crippen LogP contribution in [0.15, 0.2) is 76.8 Å². The van der Waals surface area contributed by atoms with E-state index in [1.807, 2.05) is 0 Å². The van der Waals surface area contributed by atoms with Gasteiger partial charge in [0.15, 0.2) is 0 Å². The van der Waals surface area contributed by atoms with Crippen LogP contribution in [0.25, 0.3) is 17.4 Å². The minimum atomic E-state index is -0.473. The second-order valence-corrected chi connectivity index (χ2v) is 7.71. The predicted octanol–water partition coefficient (Wildman–Crippen LogP) is 4.64. The molecule has 1 aromatic heterocycles. The van der Waals surface area contributed by atoms with Crippen molar-refractivity contribution in [3.05, 3.63) is 93.9 Å². The number of hydrogen-bond donors (Lipinski definition) is 1. The van der Waals surface area contributed by atoms with Gasteiger partial charge in [-0.2, -0.15) is 0 Å². The summed E-state index contributed by atoms with van der Waals surface area (Å²) in [5, 5.41) is 14.1. The summed E-state index contributed by atoms with van der Waals surface area (Å²) in [6.45, 7) is 1.24. The minimum Gasteiger partial charge on any atom is -0.456 e. The molecule has 0 bridgehead atoms. The Morgan fingerprint density at radius 1 is 0.939 bits per heavy atom. The highest BCUT2D eigenvalue weighted by Gasteiger charge is 2.23. The summed E-state index contributed by atoms with van der Waals surface area (Å²) >= 11 is 0. The third-order valence-corrected chi connectivity index (χ3v) is 5.44. The quantitative estimate of drug-likeness (QED) is 0.338. The van der Waals surface area contributed by atoms with Crippen molar-refractivity contribution in [1.82, 2.24) is 10.2 Å². The number of carbonyl (C=O) groups excluding carboxylic acids is 2. The van der Waals surface area contributed by atoms with Crippen LogP contribution in [-0.2, 0) is 4.79 Å². The van der Waals surface area contributed by atoms with Crippen molar-refractivity contribution < 1.29 is 18.9 Å². The molecular weight excluding hydrogens is 422 g/mol. The molecule has 8 nitrogen and oxygen atoms in total. The number of rotatable bonds is 6. The van der Waals surface area contributed by atoms with E-state index >= 15 is 0 Å². The molecule has 1 aliphatic heterocycles. The molecule has 2 amide bonds. The van der Waals surface area contributed by atoms with Crippen LogP contribution >= 0.6 is 0 Å². The molecule has 2 heterocycles. The number of nitrogens with zero attached hydrogens (tertiary/aromatic N) is 2. The minimum absolute atomic E-state index is 0.0793. The normalized spacial score (nSPS) is 14.1. The van der Waals surface area contributed by atoms with Gasteiger partial charge in [0.25, 0.3) is 17.5 Å². The molecule has 0 aliphatic carbocycles. The van der Waals surface area contributed by atoms with E-state index in [4.69, 9.17) is 4.42 Å². The molecule has 8 heteroatoms. The number of benzene rings is 2. The van der Waals surface area contributed by atoms with Crippen LogP contribution in [0.2, 0.25) is 0 Å². The summed E-state index contributed by atoms with van der Waals surface area (Å²) in [5.41, 5.74) is 0.771. The van der Waals surface area contributed by atoms with E-state index in [1.165, 1.54) is 12.1 Å². The Morgan fingerprint density at radius 3 is 2.36 bits per heavy atom. The molecule has 168 valence electrons. The number of para-hydroxylation sites is 1. The molecule has 1 fully saturated rings. The molecule has 0 spiro atoms. The lowest BCUT2D eigenvalue weighted by Crippen LogP contribution is -2.41. The van der Waals surface area contributed by atoms with Gasteiger partial charge in [0, 0.05) is 30.8 Å². The fourth-order valence-electron chi connectivity index (χ4n) is 3.76. The number of nitro benzene ring substituents is 1. The SMILES string of the molecule is O=C(NC(=Cc1ccc(-c2ccccc2[N+](=O)[O-])o1)C(=O)N1CCCCC1)c1ccccc1. The number of carbonyl (C=O) groups is 2. The van der Waals surface area contributed by atoms with Crippen LogP contribution in [-0.4, -0.2) is 34.7 Å². The first-order valence-corrected chi connectivity index (χ1v) is 10.7. The smallest absolute Gasteiger partial charge is 0.280 e. The maximum Gasteiger partial charge on any atom is 0.280 e. The fourth-order valence-corrected chi connectivity index (χ4v) is 3.76. The molecule has 3 aromatic rings. The van der Waals surface area contributed by atoms with Crippen LogP contribution < -0.4 is 5.32 Å². The van der Waals surface area contributed by atoms with Crippen molar-refractivity contribution in [3.8, 4) is 11.3 Å². The number of piperidine rings is 1. The van der Waals surface area contributed by atoms with Gasteiger partial charge in [0.05, 0.1) is 10.5 Å². The van der Waals surface area contributed by atoms with E-state index in [0.717, 1.165) is 19.3 Å². The molecule has 1 N–H and O–H groups in total. The Labute approximate surface area is 190 Å². The second-order valence-electron chi connectivity index (χ2n) is 7.71. The van der Waals surface area contributed by atoms with Gasteiger partial charge >= 0.3 is 0 Å². The summed E-state index contributed by atoms with van der Waals surface area (Å²) in [5.74, 6) is -0.0927. The predicted molar refractivity (Wildman–Crippen MR) is 123 cm³/mol. The second kappa shape index (κ2) is 9.95. The lowest BCUT2D eigenvalue weighted by molar-refractivity contribution is -0.384. The Bertz CT molecular complexity index is 1190. The van der Waals surface area contributed by atoms with Gasteiger partial charge < -0.3 is 14.6 Å². The Balaban J connectivity index is 1.65. The summed E-state index contributed by atoms with van der Waals surface area (Å²) in [6, 6.07) is 18.1. The third kappa shape index (κ3) is 5.17. The molecule has 1 saturated heterocycles. The zero-order valence-electron chi connectivity index (χ0n) is 17.9. The summed E-state index contributed by atoms with van der Waals surface area (Å²) in [4.78, 5) is 38.5. The van der Waals surface area contributed by atoms with E-state index in [1.54, 1.807) is 65.6 Å². The summed E-state index contributed by atoms with van der Waals surface area (Å²) in [6.07, 6.45) is 4.36. The van der Waals surface area contributed by atoms with Crippen molar-refractivity contribution in [2.45, 2.75) is 19.3 Å². The Hall–Kier alpha value is -4.20. The van der Waals surface area contributed by atoms with Crippen molar-refractivity contribution in [3.63, 3.8) is 0 Å². The van der Waals surface area contributed by atoms with E-state index < -0.39 is 10.8 Å². The number of nitrogens with one attached hydrogen (secondary N) is 1. The van der Waals surface area contributed by atoms with Crippen LogP contribution in [0.1, 0.15) is 35.4 Å². The van der Waals surface area contributed by atoms with Gasteiger partial charge in [-0.25, -0.2) is 0 Å². The van der Waals surface area contributed by atoms with Crippen LogP contribution in [0.3, 0.4) is 0 Å². The van der Waals surface area contributed by atoms with Gasteiger partial charge in [-0.05, 0) is 49.6 Å². The average molecular weight is 445 g/mol. The fraction of sp³-hybridized carbons (Fsp3) is 0.200. The van der Waals surface area contributed by atoms with Crippen molar-refractivity contribution in [2.75, 3.05) is 13.1 Å². The highest BCUT2D eigenvalue weighted by atomic mass is 16.6. The maximum atomic E-state index is 13.2. The number of amides is 2. The summed E-state index contributed by atoms with van der Waals surface area (Å²) < 4.78 is 5.81. The van der Waals surface area contributed by atoms with Gasteiger partial charge in [0.1, 0.15) is 17.2 Å². The molecule has 0 radical (unpaired) electrons. The van der Waals surface area contributed by atoms with E-state index in [0.29, 0.717) is 35.7 Å². The van der Waals surface area contributed by atoms with Gasteiger partial charge in [-0.1, -0.05) is 30.3 Å². The molecule has 0 atom stereocenters. The van der Waals surface area contributed by atoms with Gasteiger partial charge in [-0.3, -0.25) is 19.7 Å². The lowest BCUT2D eigenvalue weighted by Gasteiger charge is -2.27. The average Bonchev–Trinajstić information content (AvgIpc) is 3.32. The van der Waals surface area contributed by atoms with Crippen LogP contribution in [0.4, 0.5) is 5.69 Å². The number of furan rings is 1. The maximum absolute atomic E-state index is 13.2. The Morgan fingerprint density at radius 2 is 1.64 bits per heavy atom. The van der Waals surface area contributed by atoms with Gasteiger partial charge in [-0.15, -0.1) is 0 Å². The van der Waals surface area contributed by atoms with E-state index in [9.17, 15) is 19.7 Å². The molecule has 33 heavy (non-hydrogen) atoms. The van der Waals surface area contributed by atoms with E-state index in [2.05, 4.69) is 5.32 Å². The largest absolute Gasteiger partial charge is 0.456 e. The molecule has 0 unspecified atom stereocenters. The lowest BCUT2D eigenvalue weighted by atomic mass is 10.1. The molecule has 0 saturated carbocycles. The molecule has 1 aliphatic rings. The molecule has 2 aromatic carbocycles. The van der Waals surface area contributed by atoms with Crippen molar-refractivity contribution in [2.24, 2.45) is 0 Å². The topological polar surface area (TPSA) is 106 Å². The standard InChI is InChI=1S/C25H23N3O5/c29-24(18-9-3-1-4-10-18)26-21(25(30)27-15-7-2-8-16-27)17-19-13-14-23(33-19)20-11-5-6-12-22(20)28(31)32/h1,3-6,9-14,17H,2,7-8,15-16H2,(H,26,29). The van der Waals surface area contributed by atoms with E-state index in [-0.39, 0.29) is 17.3 Å². The monoisotopic (exact) mass is 445 g/mol. The first-order valence-electron chi connectivity index (χ1n) is 10.7. The highest BCUT2D eigenvalue weighted by Crippen LogP contribution is 2.31. The summed E-state index contributed by atoms with van der Waals surface area (Å²) in [7, 11) is 0. The molecule has 4 rings (SSSR count). The van der Waals surface area contributed by atoms with Gasteiger partial charge in [0.2, 0.25) is 0 Å². The zero-order valence-corrected chi connectivity index (χ0v) is 17.9. The third-order valence-electron chi connectivity index (χ3n) is 5.44. The first kappa shape index (κ1) is 22.0.